The molecule has 3 heterocycles. The number of primary amides is 1. The molecule has 3 aromatic heterocycles. The number of carbonyl (C=O) groups excluding carboxylic acids is 2. The van der Waals surface area contributed by atoms with Gasteiger partial charge in [-0.2, -0.15) is 18.3 Å². The molecule has 0 saturated carbocycles. The average molecular weight is 586 g/mol. The van der Waals surface area contributed by atoms with Crippen molar-refractivity contribution < 1.29 is 27.5 Å². The highest BCUT2D eigenvalue weighted by Gasteiger charge is 2.35. The highest BCUT2D eigenvalue weighted by atomic mass is 35.5. The van der Waals surface area contributed by atoms with Crippen molar-refractivity contribution in [3.8, 4) is 16.9 Å². The number of carbonyl (C=O) groups is 2. The van der Waals surface area contributed by atoms with E-state index in [4.69, 9.17) is 22.1 Å². The summed E-state index contributed by atoms with van der Waals surface area (Å²) in [6.07, 6.45) is -3.36. The number of hydrogen-bond acceptors (Lipinski definition) is 6. The van der Waals surface area contributed by atoms with Crippen molar-refractivity contribution in [1.82, 2.24) is 14.8 Å². The fraction of sp³-hybridized carbons (Fsp3) is 0.111. The van der Waals surface area contributed by atoms with Crippen LogP contribution in [-0.4, -0.2) is 26.6 Å². The molecule has 5 aromatic rings. The average Bonchev–Trinajstić information content (AvgIpc) is 3.53. The zero-order valence-electron chi connectivity index (χ0n) is 20.6. The van der Waals surface area contributed by atoms with Crippen LogP contribution in [0.4, 0.5) is 18.9 Å². The summed E-state index contributed by atoms with van der Waals surface area (Å²) in [5.41, 5.74) is 5.95. The van der Waals surface area contributed by atoms with E-state index in [1.54, 1.807) is 48.5 Å². The van der Waals surface area contributed by atoms with Gasteiger partial charge in [-0.1, -0.05) is 41.4 Å². The summed E-state index contributed by atoms with van der Waals surface area (Å²) in [4.78, 5) is 29.3. The number of anilines is 1. The second kappa shape index (κ2) is 10.6. The van der Waals surface area contributed by atoms with Gasteiger partial charge in [0.05, 0.1) is 5.69 Å². The van der Waals surface area contributed by atoms with Crippen LogP contribution in [-0.2, 0) is 12.9 Å². The Kier molecular flexibility index (Phi) is 7.21. The van der Waals surface area contributed by atoms with Gasteiger partial charge in [0.2, 0.25) is 0 Å². The quantitative estimate of drug-likeness (QED) is 0.226. The van der Waals surface area contributed by atoms with Gasteiger partial charge >= 0.3 is 6.18 Å². The number of nitrogens with two attached hydrogens (primary N) is 1. The van der Waals surface area contributed by atoms with Gasteiger partial charge in [0.25, 0.3) is 11.8 Å². The number of benzene rings is 2. The summed E-state index contributed by atoms with van der Waals surface area (Å²) in [7, 11) is 0. The number of aryl methyl sites for hydroxylation is 1. The largest absolute Gasteiger partial charge is 0.471 e. The second-order valence-corrected chi connectivity index (χ2v) is 10.1. The standard InChI is InChI=1S/C27H19ClF3N5O3S/c1-14-2-4-15(5-3-14)18-12-20(27(29,30)31)34-26-21(18)22(23(40-26)24(32)37)35-25(38)19-10-11-33-36(19)13-39-17-8-6-16(28)7-9-17/h2-12H,13H2,1H3,(H2,32,37)(H,35,38). The summed E-state index contributed by atoms with van der Waals surface area (Å²) in [6.45, 7) is 1.71. The number of nitrogens with zero attached hydrogens (tertiary/aromatic N) is 3. The first-order valence-electron chi connectivity index (χ1n) is 11.6. The molecule has 0 spiro atoms. The number of amides is 2. The molecule has 3 N–H and O–H groups in total. The number of fused-ring (bicyclic) bond motifs is 1. The van der Waals surface area contributed by atoms with Crippen LogP contribution >= 0.6 is 22.9 Å². The van der Waals surface area contributed by atoms with E-state index in [0.29, 0.717) is 27.7 Å². The van der Waals surface area contributed by atoms with Crippen molar-refractivity contribution in [3.05, 3.63) is 93.7 Å². The number of hydrogen-bond donors (Lipinski definition) is 2. The molecular weight excluding hydrogens is 567 g/mol. The molecule has 2 aromatic carbocycles. The Hall–Kier alpha value is -4.42. The smallest absolute Gasteiger partial charge is 0.433 e. The molecule has 0 atom stereocenters. The third-order valence-corrected chi connectivity index (χ3v) is 7.24. The van der Waals surface area contributed by atoms with Gasteiger partial charge in [-0.15, -0.1) is 11.3 Å². The first-order chi connectivity index (χ1) is 19.0. The zero-order chi connectivity index (χ0) is 28.6. The van der Waals surface area contributed by atoms with Gasteiger partial charge in [-0.25, -0.2) is 9.67 Å². The molecule has 0 radical (unpaired) electrons. The maximum Gasteiger partial charge on any atom is 0.433 e. The van der Waals surface area contributed by atoms with Crippen LogP contribution in [0.2, 0.25) is 5.02 Å². The van der Waals surface area contributed by atoms with Crippen molar-refractivity contribution in [2.75, 3.05) is 5.32 Å². The molecule has 2 amide bonds. The molecule has 0 saturated heterocycles. The molecule has 0 aliphatic rings. The summed E-state index contributed by atoms with van der Waals surface area (Å²) in [5, 5.41) is 7.46. The van der Waals surface area contributed by atoms with E-state index in [9.17, 15) is 22.8 Å². The predicted molar refractivity (Wildman–Crippen MR) is 146 cm³/mol. The lowest BCUT2D eigenvalue weighted by Gasteiger charge is -2.13. The lowest BCUT2D eigenvalue weighted by molar-refractivity contribution is -0.140. The van der Waals surface area contributed by atoms with E-state index >= 15 is 0 Å². The van der Waals surface area contributed by atoms with Crippen molar-refractivity contribution in [1.29, 1.82) is 0 Å². The van der Waals surface area contributed by atoms with Crippen LogP contribution in [0, 0.1) is 6.92 Å². The van der Waals surface area contributed by atoms with Gasteiger partial charge in [-0.05, 0) is 54.4 Å². The molecule has 0 aliphatic heterocycles. The molecule has 0 aliphatic carbocycles. The minimum absolute atomic E-state index is 0.0410. The van der Waals surface area contributed by atoms with Crippen molar-refractivity contribution in [2.24, 2.45) is 5.73 Å². The van der Waals surface area contributed by atoms with Gasteiger partial charge in [0, 0.05) is 16.6 Å². The highest BCUT2D eigenvalue weighted by Crippen LogP contribution is 2.43. The number of nitrogens with one attached hydrogen (secondary N) is 1. The summed E-state index contributed by atoms with van der Waals surface area (Å²) in [5.74, 6) is -1.13. The fourth-order valence-corrected chi connectivity index (χ4v) is 5.10. The molecule has 13 heteroatoms. The van der Waals surface area contributed by atoms with Gasteiger partial charge in [0.1, 0.15) is 26.8 Å². The third kappa shape index (κ3) is 5.49. The van der Waals surface area contributed by atoms with Crippen molar-refractivity contribution in [2.45, 2.75) is 19.8 Å². The van der Waals surface area contributed by atoms with Crippen LogP contribution in [0.3, 0.4) is 0 Å². The summed E-state index contributed by atoms with van der Waals surface area (Å²) in [6, 6.07) is 15.7. The monoisotopic (exact) mass is 585 g/mol. The van der Waals surface area contributed by atoms with Crippen LogP contribution < -0.4 is 15.8 Å². The first-order valence-corrected chi connectivity index (χ1v) is 12.8. The number of alkyl halides is 3. The Bertz CT molecular complexity index is 1730. The number of pyridine rings is 1. The topological polar surface area (TPSA) is 112 Å². The minimum atomic E-state index is -4.75. The van der Waals surface area contributed by atoms with Gasteiger partial charge < -0.3 is 15.8 Å². The van der Waals surface area contributed by atoms with E-state index in [-0.39, 0.29) is 38.8 Å². The molecule has 8 nitrogen and oxygen atoms in total. The summed E-state index contributed by atoms with van der Waals surface area (Å²) < 4.78 is 48.2. The molecule has 40 heavy (non-hydrogen) atoms. The van der Waals surface area contributed by atoms with E-state index < -0.39 is 23.7 Å². The SMILES string of the molecule is Cc1ccc(-c2cc(C(F)(F)F)nc3sc(C(N)=O)c(NC(=O)c4ccnn4COc4ccc(Cl)cc4)c23)cc1. The maximum atomic E-state index is 13.7. The zero-order valence-corrected chi connectivity index (χ0v) is 22.2. The van der Waals surface area contributed by atoms with Gasteiger partial charge in [-0.3, -0.25) is 9.59 Å². The van der Waals surface area contributed by atoms with Crippen LogP contribution in [0.25, 0.3) is 21.3 Å². The molecule has 5 rings (SSSR count). The Morgan fingerprint density at radius 2 is 1.80 bits per heavy atom. The maximum absolute atomic E-state index is 13.7. The van der Waals surface area contributed by atoms with Gasteiger partial charge in [0.15, 0.2) is 6.73 Å². The Morgan fingerprint density at radius 1 is 1.10 bits per heavy atom. The summed E-state index contributed by atoms with van der Waals surface area (Å²) >= 11 is 6.56. The predicted octanol–water partition coefficient (Wildman–Crippen LogP) is 6.53. The second-order valence-electron chi connectivity index (χ2n) is 8.67. The number of ether oxygens (including phenoxy) is 1. The number of rotatable bonds is 7. The van der Waals surface area contributed by atoms with E-state index in [0.717, 1.165) is 11.6 Å². The molecule has 204 valence electrons. The molecule has 0 unspecified atom stereocenters. The van der Waals surface area contributed by atoms with Crippen LogP contribution in [0.5, 0.6) is 5.75 Å². The van der Waals surface area contributed by atoms with E-state index in [1.165, 1.54) is 16.9 Å². The Balaban J connectivity index is 1.57. The van der Waals surface area contributed by atoms with Crippen molar-refractivity contribution in [3.63, 3.8) is 0 Å². The Morgan fingerprint density at radius 3 is 2.45 bits per heavy atom. The number of aromatic nitrogens is 3. The fourth-order valence-electron chi connectivity index (χ4n) is 3.97. The lowest BCUT2D eigenvalue weighted by atomic mass is 10.00. The van der Waals surface area contributed by atoms with E-state index in [2.05, 4.69) is 15.4 Å². The normalized spacial score (nSPS) is 11.5. The van der Waals surface area contributed by atoms with Crippen LogP contribution in [0.1, 0.15) is 31.4 Å². The number of thiophene rings is 1. The van der Waals surface area contributed by atoms with Crippen molar-refractivity contribution >= 4 is 50.7 Å². The number of halogens is 4. The first kappa shape index (κ1) is 27.2. The third-order valence-electron chi connectivity index (χ3n) is 5.89. The molecular formula is C27H19ClF3N5O3S. The minimum Gasteiger partial charge on any atom is -0.471 e. The molecule has 0 bridgehead atoms. The van der Waals surface area contributed by atoms with E-state index in [1.807, 2.05) is 6.92 Å². The lowest BCUT2D eigenvalue weighted by Crippen LogP contribution is -2.21. The van der Waals surface area contributed by atoms with Crippen LogP contribution in [0.15, 0.2) is 66.9 Å². The Labute approximate surface area is 234 Å². The molecule has 0 fully saturated rings. The highest BCUT2D eigenvalue weighted by molar-refractivity contribution is 7.21.